The first-order valence-corrected chi connectivity index (χ1v) is 5.98. The van der Waals surface area contributed by atoms with Crippen LogP contribution in [0.4, 0.5) is 0 Å². The average Bonchev–Trinajstić information content (AvgIpc) is 2.16. The van der Waals surface area contributed by atoms with Crippen molar-refractivity contribution in [2.24, 2.45) is 0 Å². The van der Waals surface area contributed by atoms with Crippen LogP contribution >= 0.6 is 0 Å². The second-order valence-electron chi connectivity index (χ2n) is 3.11. The van der Waals surface area contributed by atoms with Gasteiger partial charge in [-0.3, -0.25) is 4.79 Å². The number of rotatable bonds is 4. The van der Waals surface area contributed by atoms with Crippen LogP contribution in [0.3, 0.4) is 0 Å². The van der Waals surface area contributed by atoms with Crippen molar-refractivity contribution in [3.8, 4) is 5.75 Å². The standard InChI is InChI=1S/C10H12O4S/c1-8(11)7-15(12,13)10-6-4-3-5-9(10)14-2/h3-6H,7H2,1-2H3. The minimum Gasteiger partial charge on any atom is -0.495 e. The zero-order valence-corrected chi connectivity index (χ0v) is 9.37. The van der Waals surface area contributed by atoms with E-state index in [4.69, 9.17) is 4.74 Å². The fraction of sp³-hybridized carbons (Fsp3) is 0.300. The second-order valence-corrected chi connectivity index (χ2v) is 5.07. The Morgan fingerprint density at radius 1 is 1.33 bits per heavy atom. The molecule has 82 valence electrons. The van der Waals surface area contributed by atoms with E-state index in [1.807, 2.05) is 0 Å². The lowest BCUT2D eigenvalue weighted by molar-refractivity contribution is -0.114. The molecule has 5 heteroatoms. The van der Waals surface area contributed by atoms with Gasteiger partial charge in [0.05, 0.1) is 7.11 Å². The van der Waals surface area contributed by atoms with E-state index in [-0.39, 0.29) is 16.4 Å². The van der Waals surface area contributed by atoms with Crippen LogP contribution in [0.1, 0.15) is 6.92 Å². The Kier molecular flexibility index (Phi) is 3.47. The number of carbonyl (C=O) groups excluding carboxylic acids is 1. The summed E-state index contributed by atoms with van der Waals surface area (Å²) < 4.78 is 28.4. The first-order chi connectivity index (χ1) is 6.97. The van der Waals surface area contributed by atoms with Crippen LogP contribution in [0, 0.1) is 0 Å². The van der Waals surface area contributed by atoms with Gasteiger partial charge in [-0.05, 0) is 19.1 Å². The summed E-state index contributed by atoms with van der Waals surface area (Å²) in [5.74, 6) is -0.618. The number of sulfone groups is 1. The number of para-hydroxylation sites is 1. The molecule has 1 aromatic carbocycles. The van der Waals surface area contributed by atoms with E-state index in [0.29, 0.717) is 0 Å². The van der Waals surface area contributed by atoms with Crippen molar-refractivity contribution in [2.75, 3.05) is 12.9 Å². The number of benzene rings is 1. The largest absolute Gasteiger partial charge is 0.495 e. The summed E-state index contributed by atoms with van der Waals surface area (Å²) in [4.78, 5) is 10.9. The molecule has 0 radical (unpaired) electrons. The number of hydrogen-bond acceptors (Lipinski definition) is 4. The van der Waals surface area contributed by atoms with E-state index in [0.717, 1.165) is 0 Å². The van der Waals surface area contributed by atoms with Gasteiger partial charge in [0.1, 0.15) is 22.2 Å². The molecule has 0 spiro atoms. The SMILES string of the molecule is COc1ccccc1S(=O)(=O)CC(C)=O. The number of carbonyl (C=O) groups is 1. The van der Waals surface area contributed by atoms with E-state index in [9.17, 15) is 13.2 Å². The van der Waals surface area contributed by atoms with Crippen molar-refractivity contribution >= 4 is 15.6 Å². The molecule has 15 heavy (non-hydrogen) atoms. The fourth-order valence-electron chi connectivity index (χ4n) is 1.22. The number of Topliss-reactive ketones (excluding diaryl/α,β-unsaturated/α-hetero) is 1. The van der Waals surface area contributed by atoms with Crippen molar-refractivity contribution < 1.29 is 17.9 Å². The predicted octanol–water partition coefficient (Wildman–Crippen LogP) is 1.06. The Balaban J connectivity index is 3.20. The molecule has 0 bridgehead atoms. The van der Waals surface area contributed by atoms with E-state index >= 15 is 0 Å². The molecule has 0 heterocycles. The molecule has 0 fully saturated rings. The van der Waals surface area contributed by atoms with Crippen molar-refractivity contribution in [1.82, 2.24) is 0 Å². The highest BCUT2D eigenvalue weighted by molar-refractivity contribution is 7.92. The lowest BCUT2D eigenvalue weighted by Gasteiger charge is -2.07. The Bertz CT molecular complexity index is 462. The van der Waals surface area contributed by atoms with Gasteiger partial charge in [0.25, 0.3) is 0 Å². The van der Waals surface area contributed by atoms with Gasteiger partial charge < -0.3 is 4.74 Å². The number of ketones is 1. The summed E-state index contributed by atoms with van der Waals surface area (Å²) in [6.07, 6.45) is 0. The molecule has 0 N–H and O–H groups in total. The summed E-state index contributed by atoms with van der Waals surface area (Å²) in [6.45, 7) is 1.24. The van der Waals surface area contributed by atoms with Crippen molar-refractivity contribution in [3.63, 3.8) is 0 Å². The molecule has 0 aliphatic heterocycles. The maximum atomic E-state index is 11.7. The van der Waals surface area contributed by atoms with Crippen LogP contribution in [0.25, 0.3) is 0 Å². The van der Waals surface area contributed by atoms with Crippen LogP contribution in [-0.4, -0.2) is 27.1 Å². The zero-order chi connectivity index (χ0) is 11.5. The third-order valence-corrected chi connectivity index (χ3v) is 3.59. The molecular formula is C10H12O4S. The van der Waals surface area contributed by atoms with Gasteiger partial charge in [0.2, 0.25) is 0 Å². The topological polar surface area (TPSA) is 60.4 Å². The van der Waals surface area contributed by atoms with Crippen molar-refractivity contribution in [2.45, 2.75) is 11.8 Å². The van der Waals surface area contributed by atoms with Crippen LogP contribution in [0.15, 0.2) is 29.2 Å². The maximum absolute atomic E-state index is 11.7. The van der Waals surface area contributed by atoms with Crippen LogP contribution < -0.4 is 4.74 Å². The summed E-state index contributed by atoms with van der Waals surface area (Å²) in [6, 6.07) is 6.24. The molecule has 0 aliphatic carbocycles. The lowest BCUT2D eigenvalue weighted by Crippen LogP contribution is -2.14. The minimum atomic E-state index is -3.58. The lowest BCUT2D eigenvalue weighted by atomic mass is 10.3. The summed E-state index contributed by atoms with van der Waals surface area (Å²) in [5, 5.41) is 0. The summed E-state index contributed by atoms with van der Waals surface area (Å²) >= 11 is 0. The molecule has 1 aromatic rings. The van der Waals surface area contributed by atoms with Gasteiger partial charge in [-0.2, -0.15) is 0 Å². The molecule has 0 atom stereocenters. The third-order valence-electron chi connectivity index (χ3n) is 1.80. The third kappa shape index (κ3) is 2.79. The molecule has 0 unspecified atom stereocenters. The molecule has 4 nitrogen and oxygen atoms in total. The van der Waals surface area contributed by atoms with Gasteiger partial charge >= 0.3 is 0 Å². The first-order valence-electron chi connectivity index (χ1n) is 4.32. The fourth-order valence-corrected chi connectivity index (χ4v) is 2.66. The Labute approximate surface area is 88.8 Å². The molecule has 0 saturated heterocycles. The highest BCUT2D eigenvalue weighted by Gasteiger charge is 2.20. The molecular weight excluding hydrogens is 216 g/mol. The monoisotopic (exact) mass is 228 g/mol. The van der Waals surface area contributed by atoms with Crippen molar-refractivity contribution in [3.05, 3.63) is 24.3 Å². The van der Waals surface area contributed by atoms with E-state index in [2.05, 4.69) is 0 Å². The molecule has 0 amide bonds. The number of hydrogen-bond donors (Lipinski definition) is 0. The van der Waals surface area contributed by atoms with Gasteiger partial charge in [-0.15, -0.1) is 0 Å². The zero-order valence-electron chi connectivity index (χ0n) is 8.56. The normalized spacial score (nSPS) is 11.1. The Morgan fingerprint density at radius 3 is 2.47 bits per heavy atom. The molecule has 1 rings (SSSR count). The first kappa shape index (κ1) is 11.7. The highest BCUT2D eigenvalue weighted by Crippen LogP contribution is 2.23. The summed E-state index contributed by atoms with van der Waals surface area (Å²) in [7, 11) is -2.19. The summed E-state index contributed by atoms with van der Waals surface area (Å²) in [5.41, 5.74) is 0. The smallest absolute Gasteiger partial charge is 0.189 e. The van der Waals surface area contributed by atoms with Crippen molar-refractivity contribution in [1.29, 1.82) is 0 Å². The van der Waals surface area contributed by atoms with E-state index in [1.165, 1.54) is 20.1 Å². The van der Waals surface area contributed by atoms with Crippen LogP contribution in [-0.2, 0) is 14.6 Å². The maximum Gasteiger partial charge on any atom is 0.189 e. The van der Waals surface area contributed by atoms with Crippen LogP contribution in [0.2, 0.25) is 0 Å². The number of methoxy groups -OCH3 is 1. The molecule has 0 aromatic heterocycles. The minimum absolute atomic E-state index is 0.0581. The highest BCUT2D eigenvalue weighted by atomic mass is 32.2. The van der Waals surface area contributed by atoms with Gasteiger partial charge in [-0.1, -0.05) is 12.1 Å². The van der Waals surface area contributed by atoms with Gasteiger partial charge in [-0.25, -0.2) is 8.42 Å². The quantitative estimate of drug-likeness (QED) is 0.773. The number of ether oxygens (including phenoxy) is 1. The predicted molar refractivity (Wildman–Crippen MR) is 55.7 cm³/mol. The molecule has 0 aliphatic rings. The van der Waals surface area contributed by atoms with E-state index in [1.54, 1.807) is 18.2 Å². The molecule has 0 saturated carbocycles. The van der Waals surface area contributed by atoms with Gasteiger partial charge in [0, 0.05) is 0 Å². The average molecular weight is 228 g/mol. The Morgan fingerprint density at radius 2 is 1.93 bits per heavy atom. The van der Waals surface area contributed by atoms with Crippen LogP contribution in [0.5, 0.6) is 5.75 Å². The van der Waals surface area contributed by atoms with E-state index < -0.39 is 15.6 Å². The van der Waals surface area contributed by atoms with Gasteiger partial charge in [0.15, 0.2) is 9.84 Å². The Hall–Kier alpha value is -1.36. The second kappa shape index (κ2) is 4.44.